The van der Waals surface area contributed by atoms with Crippen LogP contribution in [0.4, 0.5) is 13.2 Å². The number of hydrogen-bond donors (Lipinski definition) is 1. The van der Waals surface area contributed by atoms with Crippen molar-refractivity contribution in [3.63, 3.8) is 0 Å². The first-order valence-electron chi connectivity index (χ1n) is 6.77. The fourth-order valence-electron chi connectivity index (χ4n) is 2.58. The number of alkyl halides is 3. The van der Waals surface area contributed by atoms with Crippen LogP contribution >= 0.6 is 11.8 Å². The van der Waals surface area contributed by atoms with E-state index in [9.17, 15) is 13.2 Å². The predicted octanol–water partition coefficient (Wildman–Crippen LogP) is 3.02. The minimum Gasteiger partial charge on any atom is -0.405 e. The van der Waals surface area contributed by atoms with Crippen molar-refractivity contribution in [2.24, 2.45) is 5.73 Å². The lowest BCUT2D eigenvalue weighted by Crippen LogP contribution is -2.39. The standard InChI is InChI=1S/C14H19F3N2OS/c1-19(10-6-7-21-9-10)12(8-18)11-4-2-3-5-13(11)20-14(15,16)17/h2-5,10,12H,6-9,18H2,1H3. The maximum absolute atomic E-state index is 12.5. The molecule has 2 atom stereocenters. The van der Waals surface area contributed by atoms with E-state index in [4.69, 9.17) is 5.73 Å². The molecule has 3 nitrogen and oxygen atoms in total. The summed E-state index contributed by atoms with van der Waals surface area (Å²) < 4.78 is 41.7. The topological polar surface area (TPSA) is 38.5 Å². The van der Waals surface area contributed by atoms with E-state index in [2.05, 4.69) is 9.64 Å². The number of halogens is 3. The van der Waals surface area contributed by atoms with Gasteiger partial charge >= 0.3 is 6.36 Å². The lowest BCUT2D eigenvalue weighted by atomic mass is 10.0. The molecule has 0 saturated carbocycles. The minimum atomic E-state index is -4.70. The van der Waals surface area contributed by atoms with Gasteiger partial charge in [0.25, 0.3) is 0 Å². The summed E-state index contributed by atoms with van der Waals surface area (Å²) in [6.07, 6.45) is -3.67. The Morgan fingerprint density at radius 1 is 1.43 bits per heavy atom. The number of para-hydroxylation sites is 1. The predicted molar refractivity (Wildman–Crippen MR) is 78.4 cm³/mol. The van der Waals surface area contributed by atoms with Crippen LogP contribution in [0, 0.1) is 0 Å². The molecule has 1 fully saturated rings. The summed E-state index contributed by atoms with van der Waals surface area (Å²) >= 11 is 1.85. The van der Waals surface area contributed by atoms with Crippen LogP contribution in [0.25, 0.3) is 0 Å². The largest absolute Gasteiger partial charge is 0.573 e. The molecular weight excluding hydrogens is 301 g/mol. The van der Waals surface area contributed by atoms with Gasteiger partial charge in [0.05, 0.1) is 6.04 Å². The first-order chi connectivity index (χ1) is 9.92. The van der Waals surface area contributed by atoms with Gasteiger partial charge in [-0.1, -0.05) is 18.2 Å². The summed E-state index contributed by atoms with van der Waals surface area (Å²) in [4.78, 5) is 2.07. The number of thioether (sulfide) groups is 1. The quantitative estimate of drug-likeness (QED) is 0.905. The summed E-state index contributed by atoms with van der Waals surface area (Å²) in [5.74, 6) is 1.89. The van der Waals surface area contributed by atoms with Crippen molar-refractivity contribution in [2.45, 2.75) is 24.9 Å². The molecule has 2 rings (SSSR count). The van der Waals surface area contributed by atoms with Crippen LogP contribution in [0.15, 0.2) is 24.3 Å². The Bertz CT molecular complexity index is 464. The van der Waals surface area contributed by atoms with E-state index in [1.54, 1.807) is 12.1 Å². The Hall–Kier alpha value is -0.920. The molecule has 1 aromatic rings. The average molecular weight is 320 g/mol. The molecule has 1 aromatic carbocycles. The number of nitrogens with zero attached hydrogens (tertiary/aromatic N) is 1. The van der Waals surface area contributed by atoms with Crippen LogP contribution in [-0.4, -0.2) is 42.4 Å². The molecule has 7 heteroatoms. The highest BCUT2D eigenvalue weighted by molar-refractivity contribution is 7.99. The van der Waals surface area contributed by atoms with E-state index in [1.807, 2.05) is 18.8 Å². The molecule has 0 spiro atoms. The highest BCUT2D eigenvalue weighted by Gasteiger charge is 2.34. The summed E-state index contributed by atoms with van der Waals surface area (Å²) in [6.45, 7) is 0.246. The molecule has 1 heterocycles. The van der Waals surface area contributed by atoms with E-state index in [0.717, 1.165) is 17.9 Å². The SMILES string of the molecule is CN(C1CCSC1)C(CN)c1ccccc1OC(F)(F)F. The lowest BCUT2D eigenvalue weighted by Gasteiger charge is -2.33. The van der Waals surface area contributed by atoms with Gasteiger partial charge in [0.15, 0.2) is 0 Å². The Morgan fingerprint density at radius 3 is 2.71 bits per heavy atom. The van der Waals surface area contributed by atoms with Gasteiger partial charge < -0.3 is 10.5 Å². The van der Waals surface area contributed by atoms with Gasteiger partial charge in [-0.15, -0.1) is 13.2 Å². The minimum absolute atomic E-state index is 0.169. The van der Waals surface area contributed by atoms with Crippen LogP contribution in [0.2, 0.25) is 0 Å². The molecule has 0 bridgehead atoms. The van der Waals surface area contributed by atoms with Gasteiger partial charge in [0.2, 0.25) is 0 Å². The third kappa shape index (κ3) is 4.28. The van der Waals surface area contributed by atoms with E-state index in [0.29, 0.717) is 11.6 Å². The molecular formula is C14H19F3N2OS. The first kappa shape index (κ1) is 16.5. The monoisotopic (exact) mass is 320 g/mol. The van der Waals surface area contributed by atoms with Crippen molar-refractivity contribution in [1.29, 1.82) is 0 Å². The third-order valence-corrected chi connectivity index (χ3v) is 4.85. The van der Waals surface area contributed by atoms with E-state index in [1.165, 1.54) is 12.1 Å². The van der Waals surface area contributed by atoms with Gasteiger partial charge in [0, 0.05) is 23.9 Å². The van der Waals surface area contributed by atoms with Crippen LogP contribution < -0.4 is 10.5 Å². The van der Waals surface area contributed by atoms with Crippen molar-refractivity contribution in [3.8, 4) is 5.75 Å². The van der Waals surface area contributed by atoms with E-state index >= 15 is 0 Å². The highest BCUT2D eigenvalue weighted by atomic mass is 32.2. The van der Waals surface area contributed by atoms with Crippen LogP contribution in [0.1, 0.15) is 18.0 Å². The number of ether oxygens (including phenoxy) is 1. The zero-order chi connectivity index (χ0) is 15.5. The second-order valence-corrected chi connectivity index (χ2v) is 6.17. The third-order valence-electron chi connectivity index (χ3n) is 3.70. The van der Waals surface area contributed by atoms with Gasteiger partial charge in [-0.25, -0.2) is 0 Å². The molecule has 0 aliphatic carbocycles. The average Bonchev–Trinajstić information content (AvgIpc) is 2.93. The fourth-order valence-corrected chi connectivity index (χ4v) is 3.86. The van der Waals surface area contributed by atoms with Gasteiger partial charge in [0.1, 0.15) is 5.75 Å². The van der Waals surface area contributed by atoms with E-state index in [-0.39, 0.29) is 18.3 Å². The zero-order valence-corrected chi connectivity index (χ0v) is 12.6. The van der Waals surface area contributed by atoms with Crippen LogP contribution in [-0.2, 0) is 0 Å². The molecule has 0 radical (unpaired) electrons. The maximum atomic E-state index is 12.5. The molecule has 118 valence electrons. The van der Waals surface area contributed by atoms with Crippen LogP contribution in [0.3, 0.4) is 0 Å². The number of hydrogen-bond acceptors (Lipinski definition) is 4. The summed E-state index contributed by atoms with van der Waals surface area (Å²) in [5.41, 5.74) is 6.30. The Morgan fingerprint density at radius 2 is 2.14 bits per heavy atom. The van der Waals surface area contributed by atoms with Crippen LogP contribution in [0.5, 0.6) is 5.75 Å². The second kappa shape index (κ2) is 6.89. The van der Waals surface area contributed by atoms with Crippen molar-refractivity contribution >= 4 is 11.8 Å². The zero-order valence-electron chi connectivity index (χ0n) is 11.8. The smallest absolute Gasteiger partial charge is 0.405 e. The number of benzene rings is 1. The van der Waals surface area contributed by atoms with Gasteiger partial charge in [-0.05, 0) is 25.3 Å². The number of nitrogens with two attached hydrogens (primary N) is 1. The fraction of sp³-hybridized carbons (Fsp3) is 0.571. The van der Waals surface area contributed by atoms with Crippen molar-refractivity contribution in [1.82, 2.24) is 4.90 Å². The van der Waals surface area contributed by atoms with Crippen molar-refractivity contribution in [3.05, 3.63) is 29.8 Å². The summed E-state index contributed by atoms with van der Waals surface area (Å²) in [6, 6.07) is 6.27. The first-order valence-corrected chi connectivity index (χ1v) is 7.92. The molecule has 1 aliphatic rings. The normalized spacial score (nSPS) is 20.8. The number of likely N-dealkylation sites (N-methyl/N-ethyl adjacent to an activating group) is 1. The Balaban J connectivity index is 2.24. The van der Waals surface area contributed by atoms with Crippen molar-refractivity contribution in [2.75, 3.05) is 25.1 Å². The molecule has 1 saturated heterocycles. The highest BCUT2D eigenvalue weighted by Crippen LogP contribution is 2.34. The maximum Gasteiger partial charge on any atom is 0.573 e. The van der Waals surface area contributed by atoms with E-state index < -0.39 is 6.36 Å². The molecule has 2 unspecified atom stereocenters. The Labute approximate surface area is 126 Å². The molecule has 0 amide bonds. The molecule has 21 heavy (non-hydrogen) atoms. The molecule has 2 N–H and O–H groups in total. The summed E-state index contributed by atoms with van der Waals surface area (Å²) in [5, 5.41) is 0. The molecule has 0 aromatic heterocycles. The number of rotatable bonds is 5. The molecule has 1 aliphatic heterocycles. The lowest BCUT2D eigenvalue weighted by molar-refractivity contribution is -0.275. The van der Waals surface area contributed by atoms with Crippen molar-refractivity contribution < 1.29 is 17.9 Å². The summed E-state index contributed by atoms with van der Waals surface area (Å²) in [7, 11) is 1.92. The van der Waals surface area contributed by atoms with Gasteiger partial charge in [-0.2, -0.15) is 11.8 Å². The Kier molecular flexibility index (Phi) is 5.40. The second-order valence-electron chi connectivity index (χ2n) is 5.02. The van der Waals surface area contributed by atoms with Gasteiger partial charge in [-0.3, -0.25) is 4.90 Å².